The van der Waals surface area contributed by atoms with Crippen LogP contribution in [0.15, 0.2) is 70.7 Å². The van der Waals surface area contributed by atoms with Crippen molar-refractivity contribution < 1.29 is 9.47 Å². The average Bonchev–Trinajstić information content (AvgIpc) is 2.74. The third-order valence-electron chi connectivity index (χ3n) is 3.76. The van der Waals surface area contributed by atoms with Gasteiger partial charge in [0.25, 0.3) is 0 Å². The number of halogens is 1. The minimum absolute atomic E-state index is 0. The van der Waals surface area contributed by atoms with Crippen LogP contribution in [0.25, 0.3) is 12.2 Å². The molecule has 6 heteroatoms. The van der Waals surface area contributed by atoms with E-state index in [1.54, 1.807) is 26.6 Å². The molecule has 0 spiro atoms. The summed E-state index contributed by atoms with van der Waals surface area (Å²) in [6.07, 6.45) is 11.0. The Kier molecular flexibility index (Phi) is 11.4. The maximum absolute atomic E-state index is 7.87. The molecule has 1 N–H and O–H groups in total. The highest BCUT2D eigenvalue weighted by Gasteiger charge is 1.92. The molecule has 2 aromatic carbocycles. The summed E-state index contributed by atoms with van der Waals surface area (Å²) >= 11 is 0. The quantitative estimate of drug-likeness (QED) is 0.558. The lowest BCUT2D eigenvalue weighted by Gasteiger charge is -1.98. The molecule has 0 saturated heterocycles. The lowest BCUT2D eigenvalue weighted by atomic mass is 10.2. The van der Waals surface area contributed by atoms with E-state index in [9.17, 15) is 0 Å². The zero-order valence-electron chi connectivity index (χ0n) is 16.6. The molecule has 0 aliphatic carbocycles. The third kappa shape index (κ3) is 9.53. The number of hydrogen-bond donors (Lipinski definition) is 1. The number of allylic oxidation sites excluding steroid dienone is 2. The van der Waals surface area contributed by atoms with E-state index in [0.717, 1.165) is 22.6 Å². The summed E-state index contributed by atoms with van der Waals surface area (Å²) in [5.41, 5.74) is 2.59. The van der Waals surface area contributed by atoms with Crippen LogP contribution in [0.3, 0.4) is 0 Å². The molecular weight excluding hydrogens is 386 g/mol. The van der Waals surface area contributed by atoms with Crippen LogP contribution in [0.1, 0.15) is 11.1 Å². The molecule has 0 aromatic heterocycles. The van der Waals surface area contributed by atoms with E-state index in [0.29, 0.717) is 18.8 Å². The van der Waals surface area contributed by atoms with E-state index in [-0.39, 0.29) is 12.4 Å². The van der Waals surface area contributed by atoms with E-state index in [2.05, 4.69) is 9.98 Å². The predicted octanol–water partition coefficient (Wildman–Crippen LogP) is 5.01. The fourth-order valence-electron chi connectivity index (χ4n) is 2.24. The topological polar surface area (TPSA) is 67.0 Å². The molecule has 0 bridgehead atoms. The second-order valence-corrected chi connectivity index (χ2v) is 5.85. The number of ether oxygens (including phenoxy) is 2. The van der Waals surface area contributed by atoms with Crippen LogP contribution in [0.2, 0.25) is 0 Å². The summed E-state index contributed by atoms with van der Waals surface area (Å²) < 4.78 is 10.2. The molecule has 0 radical (unpaired) electrons. The Morgan fingerprint density at radius 2 is 1.14 bits per heavy atom. The van der Waals surface area contributed by atoms with Crippen molar-refractivity contribution in [3.8, 4) is 11.5 Å². The first kappa shape index (κ1) is 23.9. The van der Waals surface area contributed by atoms with Gasteiger partial charge in [-0.2, -0.15) is 0 Å². The summed E-state index contributed by atoms with van der Waals surface area (Å²) in [7, 11) is 3.29. The molecule has 0 aliphatic heterocycles. The van der Waals surface area contributed by atoms with E-state index in [1.165, 1.54) is 0 Å². The first-order valence-corrected chi connectivity index (χ1v) is 8.88. The van der Waals surface area contributed by atoms with Gasteiger partial charge in [0, 0.05) is 12.4 Å². The highest BCUT2D eigenvalue weighted by molar-refractivity contribution is 5.89. The average molecular weight is 412 g/mol. The summed E-state index contributed by atoms with van der Waals surface area (Å²) in [4.78, 5) is 8.44. The van der Waals surface area contributed by atoms with Gasteiger partial charge in [-0.15, -0.1) is 12.4 Å². The lowest BCUT2D eigenvalue weighted by molar-refractivity contribution is 0.414. The van der Waals surface area contributed by atoms with E-state index < -0.39 is 0 Å². The first-order valence-electron chi connectivity index (χ1n) is 8.88. The Morgan fingerprint density at radius 1 is 0.759 bits per heavy atom. The molecule has 0 unspecified atom stereocenters. The Labute approximate surface area is 178 Å². The van der Waals surface area contributed by atoms with Crippen LogP contribution in [0.4, 0.5) is 0 Å². The van der Waals surface area contributed by atoms with Crippen molar-refractivity contribution in [3.05, 3.63) is 71.8 Å². The molecule has 0 saturated carbocycles. The summed E-state index contributed by atoms with van der Waals surface area (Å²) in [6.45, 7) is 0.680. The zero-order chi connectivity index (χ0) is 20.0. The van der Waals surface area contributed by atoms with Crippen LogP contribution in [-0.2, 0) is 0 Å². The molecule has 0 heterocycles. The first-order chi connectivity index (χ1) is 13.7. The molecule has 2 rings (SSSR count). The maximum Gasteiger partial charge on any atom is 0.118 e. The van der Waals surface area contributed by atoms with E-state index >= 15 is 0 Å². The van der Waals surface area contributed by atoms with Crippen molar-refractivity contribution in [2.75, 3.05) is 27.3 Å². The van der Waals surface area contributed by atoms with Gasteiger partial charge in [0.1, 0.15) is 11.5 Å². The van der Waals surface area contributed by atoms with Crippen molar-refractivity contribution in [1.29, 1.82) is 5.41 Å². The number of rotatable bonds is 10. The van der Waals surface area contributed by atoms with Crippen LogP contribution in [0.5, 0.6) is 11.5 Å². The Hall–Kier alpha value is -3.18. The zero-order valence-corrected chi connectivity index (χ0v) is 17.4. The van der Waals surface area contributed by atoms with Crippen LogP contribution in [-0.4, -0.2) is 45.4 Å². The lowest BCUT2D eigenvalue weighted by Crippen LogP contribution is -2.05. The van der Waals surface area contributed by atoms with Gasteiger partial charge in [-0.25, -0.2) is 0 Å². The second-order valence-electron chi connectivity index (χ2n) is 5.85. The largest absolute Gasteiger partial charge is 0.497 e. The summed E-state index contributed by atoms with van der Waals surface area (Å²) in [5.74, 6) is 1.66. The molecule has 2 aromatic rings. The van der Waals surface area contributed by atoms with Gasteiger partial charge in [0.15, 0.2) is 0 Å². The monoisotopic (exact) mass is 411 g/mol. The van der Waals surface area contributed by atoms with Gasteiger partial charge in [0.2, 0.25) is 0 Å². The van der Waals surface area contributed by atoms with Gasteiger partial charge in [0.05, 0.1) is 33.0 Å². The Bertz CT molecular complexity index is 783. The fraction of sp³-hybridized carbons (Fsp3) is 0.174. The standard InChI is InChI=1S/C23H25N3O2.ClH/c1-27-22-11-7-19(8-12-22)5-3-15-25-17-21(24)18-26-16-4-6-20-9-13-23(28-2)14-10-20;/h3-16,24H,17-18H2,1-2H3;1H/b5-3+,6-4+,24-21?,25-15?,26-16?;. The van der Waals surface area contributed by atoms with E-state index in [1.807, 2.05) is 72.8 Å². The third-order valence-corrected chi connectivity index (χ3v) is 3.76. The number of hydrogen-bond acceptors (Lipinski definition) is 5. The van der Waals surface area contributed by atoms with Crippen molar-refractivity contribution >= 4 is 42.7 Å². The van der Waals surface area contributed by atoms with Crippen molar-refractivity contribution in [1.82, 2.24) is 0 Å². The molecule has 0 amide bonds. The van der Waals surface area contributed by atoms with Gasteiger partial charge in [-0.3, -0.25) is 9.98 Å². The minimum atomic E-state index is 0. The molecule has 29 heavy (non-hydrogen) atoms. The SMILES string of the molecule is COc1ccc(/C=C/C=NCC(=N)CN=C/C=C/c2ccc(OC)cc2)cc1.Cl. The van der Waals surface area contributed by atoms with Crippen molar-refractivity contribution in [2.45, 2.75) is 0 Å². The molecule has 5 nitrogen and oxygen atoms in total. The molecule has 0 aliphatic rings. The predicted molar refractivity (Wildman–Crippen MR) is 126 cm³/mol. The number of methoxy groups -OCH3 is 2. The summed E-state index contributed by atoms with van der Waals surface area (Å²) in [5, 5.41) is 7.87. The fourth-order valence-corrected chi connectivity index (χ4v) is 2.24. The van der Waals surface area contributed by atoms with Crippen LogP contribution in [0, 0.1) is 5.41 Å². The number of nitrogens with one attached hydrogen (secondary N) is 1. The Balaban J connectivity index is 0.00000420. The number of aliphatic imine (C=N–C) groups is 2. The maximum atomic E-state index is 7.87. The highest BCUT2D eigenvalue weighted by Crippen LogP contribution is 2.12. The number of benzene rings is 2. The van der Waals surface area contributed by atoms with Gasteiger partial charge >= 0.3 is 0 Å². The minimum Gasteiger partial charge on any atom is -0.497 e. The van der Waals surface area contributed by atoms with Crippen molar-refractivity contribution in [3.63, 3.8) is 0 Å². The van der Waals surface area contributed by atoms with Crippen LogP contribution >= 0.6 is 12.4 Å². The van der Waals surface area contributed by atoms with Gasteiger partial charge in [-0.1, -0.05) is 36.4 Å². The molecular formula is C23H26ClN3O2. The molecule has 152 valence electrons. The second kappa shape index (κ2) is 13.9. The Morgan fingerprint density at radius 3 is 1.48 bits per heavy atom. The smallest absolute Gasteiger partial charge is 0.118 e. The highest BCUT2D eigenvalue weighted by atomic mass is 35.5. The van der Waals surface area contributed by atoms with Gasteiger partial charge < -0.3 is 14.9 Å². The van der Waals surface area contributed by atoms with E-state index in [4.69, 9.17) is 14.9 Å². The molecule has 0 fully saturated rings. The summed E-state index contributed by atoms with van der Waals surface area (Å²) in [6, 6.07) is 15.5. The number of nitrogens with zero attached hydrogens (tertiary/aromatic N) is 2. The van der Waals surface area contributed by atoms with Crippen molar-refractivity contribution in [2.24, 2.45) is 9.98 Å². The normalized spacial score (nSPS) is 11.4. The van der Waals surface area contributed by atoms with Gasteiger partial charge in [-0.05, 0) is 47.5 Å². The van der Waals surface area contributed by atoms with Crippen LogP contribution < -0.4 is 9.47 Å². The molecule has 0 atom stereocenters.